The largest absolute Gasteiger partial charge is 0.411 e. The standard InChI is InChI=1S/C21H28F3N9O2/c1-3-34-11-15-17-18(33(31-15)8-9-35-12-21(22,23)24)19(28-16-4-5-25-13-27-16)30-20(29-17)32-7-6-26-14(2)10-32/h4-5,13-14,26H,3,6-12H2,1-2H3,(H,25,27,28,29,30)/t14-/m1/s1. The highest BCUT2D eigenvalue weighted by atomic mass is 19.4. The van der Waals surface area contributed by atoms with E-state index in [1.165, 1.54) is 6.33 Å². The van der Waals surface area contributed by atoms with Crippen molar-refractivity contribution in [1.29, 1.82) is 0 Å². The van der Waals surface area contributed by atoms with Crippen LogP contribution in [0.2, 0.25) is 0 Å². The molecule has 2 N–H and O–H groups in total. The van der Waals surface area contributed by atoms with Gasteiger partial charge >= 0.3 is 6.18 Å². The molecule has 1 aliphatic rings. The molecule has 0 saturated carbocycles. The van der Waals surface area contributed by atoms with Gasteiger partial charge in [-0.2, -0.15) is 23.3 Å². The minimum Gasteiger partial charge on any atom is -0.375 e. The third-order valence-corrected chi connectivity index (χ3v) is 5.28. The second-order valence-corrected chi connectivity index (χ2v) is 8.06. The van der Waals surface area contributed by atoms with E-state index in [4.69, 9.17) is 19.4 Å². The number of ether oxygens (including phenoxy) is 2. The van der Waals surface area contributed by atoms with E-state index in [2.05, 4.69) is 37.5 Å². The number of nitrogens with one attached hydrogen (secondary N) is 2. The fraction of sp³-hybridized carbons (Fsp3) is 0.571. The number of aromatic nitrogens is 6. The summed E-state index contributed by atoms with van der Waals surface area (Å²) in [6.07, 6.45) is -1.40. The first-order valence-corrected chi connectivity index (χ1v) is 11.3. The van der Waals surface area contributed by atoms with Crippen LogP contribution in [0.3, 0.4) is 0 Å². The molecule has 35 heavy (non-hydrogen) atoms. The summed E-state index contributed by atoms with van der Waals surface area (Å²) in [5.74, 6) is 1.46. The van der Waals surface area contributed by atoms with Crippen molar-refractivity contribution >= 4 is 28.6 Å². The summed E-state index contributed by atoms with van der Waals surface area (Å²) in [4.78, 5) is 19.8. The average molecular weight is 496 g/mol. The molecule has 3 aromatic heterocycles. The number of piperazine rings is 1. The van der Waals surface area contributed by atoms with E-state index >= 15 is 0 Å². The molecule has 1 atom stereocenters. The zero-order valence-corrected chi connectivity index (χ0v) is 19.5. The van der Waals surface area contributed by atoms with Gasteiger partial charge in [0.25, 0.3) is 0 Å². The van der Waals surface area contributed by atoms with Crippen LogP contribution in [0.25, 0.3) is 11.0 Å². The predicted molar refractivity (Wildman–Crippen MR) is 123 cm³/mol. The van der Waals surface area contributed by atoms with Crippen LogP contribution in [0, 0.1) is 0 Å². The van der Waals surface area contributed by atoms with Gasteiger partial charge < -0.3 is 25.0 Å². The maximum Gasteiger partial charge on any atom is 0.411 e. The number of hydrogen-bond acceptors (Lipinski definition) is 10. The lowest BCUT2D eigenvalue weighted by atomic mass is 10.2. The molecule has 190 valence electrons. The Morgan fingerprint density at radius 1 is 1.26 bits per heavy atom. The zero-order chi connectivity index (χ0) is 24.8. The molecule has 4 rings (SSSR count). The summed E-state index contributed by atoms with van der Waals surface area (Å²) in [6, 6.07) is 1.95. The van der Waals surface area contributed by atoms with E-state index in [0.29, 0.717) is 40.9 Å². The number of fused-ring (bicyclic) bond motifs is 1. The number of halogens is 3. The molecule has 1 aliphatic heterocycles. The number of hydrogen-bond donors (Lipinski definition) is 2. The Bertz CT molecular complexity index is 1110. The van der Waals surface area contributed by atoms with Gasteiger partial charge in [0.15, 0.2) is 5.82 Å². The Kier molecular flexibility index (Phi) is 7.93. The van der Waals surface area contributed by atoms with Crippen molar-refractivity contribution in [2.24, 2.45) is 0 Å². The summed E-state index contributed by atoms with van der Waals surface area (Å²) >= 11 is 0. The van der Waals surface area contributed by atoms with Gasteiger partial charge in [-0.1, -0.05) is 0 Å². The molecule has 3 aromatic rings. The molecule has 0 aromatic carbocycles. The van der Waals surface area contributed by atoms with E-state index in [1.54, 1.807) is 16.9 Å². The van der Waals surface area contributed by atoms with E-state index in [9.17, 15) is 13.2 Å². The van der Waals surface area contributed by atoms with Crippen molar-refractivity contribution in [3.63, 3.8) is 0 Å². The molecule has 0 bridgehead atoms. The van der Waals surface area contributed by atoms with Crippen molar-refractivity contribution in [1.82, 2.24) is 35.0 Å². The Labute approximate surface area is 200 Å². The van der Waals surface area contributed by atoms with Crippen molar-refractivity contribution in [3.05, 3.63) is 24.3 Å². The number of rotatable bonds is 10. The molecule has 0 aliphatic carbocycles. The number of alkyl halides is 3. The Morgan fingerprint density at radius 3 is 2.83 bits per heavy atom. The van der Waals surface area contributed by atoms with Crippen LogP contribution in [-0.4, -0.2) is 81.4 Å². The maximum absolute atomic E-state index is 12.5. The first kappa shape index (κ1) is 25.0. The third kappa shape index (κ3) is 6.52. The van der Waals surface area contributed by atoms with Crippen LogP contribution in [0.4, 0.5) is 30.8 Å². The first-order chi connectivity index (χ1) is 16.8. The highest BCUT2D eigenvalue weighted by Gasteiger charge is 2.28. The highest BCUT2D eigenvalue weighted by Crippen LogP contribution is 2.29. The van der Waals surface area contributed by atoms with Gasteiger partial charge in [-0.25, -0.2) is 15.0 Å². The monoisotopic (exact) mass is 495 g/mol. The van der Waals surface area contributed by atoms with E-state index in [-0.39, 0.29) is 25.8 Å². The molecule has 4 heterocycles. The Morgan fingerprint density at radius 2 is 2.11 bits per heavy atom. The van der Waals surface area contributed by atoms with E-state index < -0.39 is 12.8 Å². The van der Waals surface area contributed by atoms with Gasteiger partial charge in [0.05, 0.1) is 19.8 Å². The molecule has 0 radical (unpaired) electrons. The van der Waals surface area contributed by atoms with Crippen molar-refractivity contribution < 1.29 is 22.6 Å². The predicted octanol–water partition coefficient (Wildman–Crippen LogP) is 2.27. The average Bonchev–Trinajstić information content (AvgIpc) is 3.18. The quantitative estimate of drug-likeness (QED) is 0.406. The van der Waals surface area contributed by atoms with Crippen LogP contribution in [0.15, 0.2) is 18.6 Å². The molecule has 1 fully saturated rings. The summed E-state index contributed by atoms with van der Waals surface area (Å²) < 4.78 is 49.5. The van der Waals surface area contributed by atoms with Crippen LogP contribution in [0.1, 0.15) is 19.5 Å². The molecule has 0 amide bonds. The summed E-state index contributed by atoms with van der Waals surface area (Å²) in [7, 11) is 0. The SMILES string of the molecule is CCOCc1nn(CCOCC(F)(F)F)c2c(Nc3ccncn3)nc(N3CCN[C@H](C)C3)nc12. The Hall–Kier alpha value is -3.10. The van der Waals surface area contributed by atoms with Crippen molar-refractivity contribution in [3.8, 4) is 0 Å². The lowest BCUT2D eigenvalue weighted by molar-refractivity contribution is -0.174. The van der Waals surface area contributed by atoms with Crippen LogP contribution in [0.5, 0.6) is 0 Å². The lowest BCUT2D eigenvalue weighted by Gasteiger charge is -2.32. The lowest BCUT2D eigenvalue weighted by Crippen LogP contribution is -2.49. The normalized spacial score (nSPS) is 16.7. The third-order valence-electron chi connectivity index (χ3n) is 5.28. The minimum absolute atomic E-state index is 0.0739. The van der Waals surface area contributed by atoms with Crippen molar-refractivity contribution in [2.75, 3.05) is 49.7 Å². The zero-order valence-electron chi connectivity index (χ0n) is 19.5. The number of anilines is 3. The molecule has 1 saturated heterocycles. The fourth-order valence-corrected chi connectivity index (χ4v) is 3.76. The molecule has 0 unspecified atom stereocenters. The highest BCUT2D eigenvalue weighted by molar-refractivity contribution is 5.90. The van der Waals surface area contributed by atoms with Crippen LogP contribution >= 0.6 is 0 Å². The second kappa shape index (κ2) is 11.1. The molecular weight excluding hydrogens is 467 g/mol. The molecular formula is C21H28F3N9O2. The van der Waals surface area contributed by atoms with Gasteiger partial charge in [-0.3, -0.25) is 4.68 Å². The number of nitrogens with zero attached hydrogens (tertiary/aromatic N) is 7. The van der Waals surface area contributed by atoms with Gasteiger partial charge in [-0.05, 0) is 19.9 Å². The van der Waals surface area contributed by atoms with Crippen molar-refractivity contribution in [2.45, 2.75) is 39.2 Å². The second-order valence-electron chi connectivity index (χ2n) is 8.06. The summed E-state index contributed by atoms with van der Waals surface area (Å²) in [5.41, 5.74) is 1.65. The van der Waals surface area contributed by atoms with Gasteiger partial charge in [0, 0.05) is 38.5 Å². The Balaban J connectivity index is 1.74. The molecule has 14 heteroatoms. The van der Waals surface area contributed by atoms with E-state index in [0.717, 1.165) is 19.6 Å². The molecule has 11 nitrogen and oxygen atoms in total. The van der Waals surface area contributed by atoms with Crippen LogP contribution < -0.4 is 15.5 Å². The molecule has 0 spiro atoms. The topological polar surface area (TPSA) is 115 Å². The maximum atomic E-state index is 12.5. The summed E-state index contributed by atoms with van der Waals surface area (Å²) in [5, 5.41) is 11.2. The fourth-order valence-electron chi connectivity index (χ4n) is 3.76. The van der Waals surface area contributed by atoms with Gasteiger partial charge in [0.1, 0.15) is 35.5 Å². The smallest absolute Gasteiger partial charge is 0.375 e. The van der Waals surface area contributed by atoms with Gasteiger partial charge in [0.2, 0.25) is 5.95 Å². The first-order valence-electron chi connectivity index (χ1n) is 11.3. The van der Waals surface area contributed by atoms with Crippen LogP contribution in [-0.2, 0) is 22.6 Å². The minimum atomic E-state index is -4.40. The van der Waals surface area contributed by atoms with Gasteiger partial charge in [-0.15, -0.1) is 0 Å². The summed E-state index contributed by atoms with van der Waals surface area (Å²) in [6.45, 7) is 5.43. The van der Waals surface area contributed by atoms with E-state index in [1.807, 2.05) is 6.92 Å².